The molecule has 2 aromatic carbocycles. The number of halogens is 1. The molecule has 0 bridgehead atoms. The van der Waals surface area contributed by atoms with Crippen LogP contribution in [0.4, 0.5) is 14.9 Å². The molecule has 1 aromatic heterocycles. The number of carbonyl (C=O) groups is 1. The summed E-state index contributed by atoms with van der Waals surface area (Å²) in [5.41, 5.74) is 4.23. The third kappa shape index (κ3) is 4.08. The molecule has 2 N–H and O–H groups in total. The second kappa shape index (κ2) is 7.82. The minimum atomic E-state index is -0.286. The van der Waals surface area contributed by atoms with Gasteiger partial charge in [0.15, 0.2) is 0 Å². The van der Waals surface area contributed by atoms with Crippen molar-refractivity contribution in [3.8, 4) is 5.69 Å². The first kappa shape index (κ1) is 17.7. The van der Waals surface area contributed by atoms with Gasteiger partial charge in [-0.1, -0.05) is 30.3 Å². The number of nitrogens with zero attached hydrogens (tertiary/aromatic N) is 2. The van der Waals surface area contributed by atoms with E-state index in [0.29, 0.717) is 18.7 Å². The lowest BCUT2D eigenvalue weighted by molar-refractivity contribution is 0.252. The highest BCUT2D eigenvalue weighted by Gasteiger charge is 2.14. The Morgan fingerprint density at radius 2 is 1.77 bits per heavy atom. The Kier molecular flexibility index (Phi) is 5.31. The van der Waals surface area contributed by atoms with Crippen LogP contribution >= 0.6 is 0 Å². The highest BCUT2D eigenvalue weighted by atomic mass is 19.1. The van der Waals surface area contributed by atoms with E-state index in [1.807, 2.05) is 48.9 Å². The van der Waals surface area contributed by atoms with Gasteiger partial charge in [-0.15, -0.1) is 0 Å². The molecule has 0 radical (unpaired) electrons. The van der Waals surface area contributed by atoms with Crippen LogP contribution in [-0.4, -0.2) is 22.4 Å². The van der Waals surface area contributed by atoms with Crippen molar-refractivity contribution in [1.82, 2.24) is 15.1 Å². The number of aryl methyl sites for hydroxylation is 1. The molecule has 0 aliphatic rings. The zero-order valence-corrected chi connectivity index (χ0v) is 14.8. The molecular formula is C20H21FN4O. The number of para-hydroxylation sites is 1. The summed E-state index contributed by atoms with van der Waals surface area (Å²) in [6, 6.07) is 15.7. The molecule has 2 amide bonds. The molecule has 6 heteroatoms. The summed E-state index contributed by atoms with van der Waals surface area (Å²) >= 11 is 0. The van der Waals surface area contributed by atoms with Gasteiger partial charge < -0.3 is 10.6 Å². The van der Waals surface area contributed by atoms with Crippen LogP contribution in [0.25, 0.3) is 5.69 Å². The molecule has 1 heterocycles. The summed E-state index contributed by atoms with van der Waals surface area (Å²) in [5.74, 6) is -0.263. The van der Waals surface area contributed by atoms with E-state index in [2.05, 4.69) is 15.7 Å². The highest BCUT2D eigenvalue weighted by Crippen LogP contribution is 2.22. The summed E-state index contributed by atoms with van der Waals surface area (Å²) in [4.78, 5) is 12.2. The van der Waals surface area contributed by atoms with Crippen LogP contribution in [0.15, 0.2) is 54.6 Å². The first-order valence-electron chi connectivity index (χ1n) is 8.45. The number of hydrogen-bond acceptors (Lipinski definition) is 2. The van der Waals surface area contributed by atoms with Crippen LogP contribution in [0.2, 0.25) is 0 Å². The van der Waals surface area contributed by atoms with Crippen LogP contribution in [0.1, 0.15) is 17.0 Å². The number of benzene rings is 2. The zero-order chi connectivity index (χ0) is 18.5. The molecule has 0 saturated carbocycles. The van der Waals surface area contributed by atoms with Crippen LogP contribution in [0.3, 0.4) is 0 Å². The maximum absolute atomic E-state index is 12.9. The number of urea groups is 1. The number of hydrogen-bond donors (Lipinski definition) is 2. The van der Waals surface area contributed by atoms with E-state index in [-0.39, 0.29) is 11.8 Å². The van der Waals surface area contributed by atoms with Crippen molar-refractivity contribution in [3.05, 3.63) is 77.4 Å². The molecule has 5 nitrogen and oxygen atoms in total. The Bertz CT molecular complexity index is 888. The summed E-state index contributed by atoms with van der Waals surface area (Å²) in [6.45, 7) is 4.24. The predicted molar refractivity (Wildman–Crippen MR) is 100 cm³/mol. The van der Waals surface area contributed by atoms with E-state index in [0.717, 1.165) is 22.6 Å². The topological polar surface area (TPSA) is 59.0 Å². The molecular weight excluding hydrogens is 331 g/mol. The maximum atomic E-state index is 12.9. The van der Waals surface area contributed by atoms with Gasteiger partial charge in [0.05, 0.1) is 22.8 Å². The average Bonchev–Trinajstić information content (AvgIpc) is 2.92. The monoisotopic (exact) mass is 352 g/mol. The molecule has 0 saturated heterocycles. The molecule has 0 aliphatic carbocycles. The van der Waals surface area contributed by atoms with Crippen LogP contribution < -0.4 is 10.6 Å². The summed E-state index contributed by atoms with van der Waals surface area (Å²) in [7, 11) is 0. The Morgan fingerprint density at radius 1 is 1.08 bits per heavy atom. The first-order chi connectivity index (χ1) is 12.5. The molecule has 3 rings (SSSR count). The number of anilines is 1. The smallest absolute Gasteiger partial charge is 0.319 e. The number of amides is 2. The molecule has 134 valence electrons. The predicted octanol–water partition coefficient (Wildman–Crippen LogP) is 3.99. The summed E-state index contributed by atoms with van der Waals surface area (Å²) < 4.78 is 14.7. The van der Waals surface area contributed by atoms with Gasteiger partial charge in [0.25, 0.3) is 0 Å². The Labute approximate surface area is 151 Å². The van der Waals surface area contributed by atoms with Gasteiger partial charge in [0, 0.05) is 6.54 Å². The van der Waals surface area contributed by atoms with Crippen LogP contribution in [-0.2, 0) is 6.42 Å². The fourth-order valence-corrected chi connectivity index (χ4v) is 2.77. The van der Waals surface area contributed by atoms with Crippen molar-refractivity contribution in [2.24, 2.45) is 0 Å². The van der Waals surface area contributed by atoms with Gasteiger partial charge in [-0.2, -0.15) is 5.10 Å². The third-order valence-electron chi connectivity index (χ3n) is 4.14. The standard InChI is InChI=1S/C20H21FN4O/c1-14-19(15(2)25(24-14)18-6-4-3-5-7-18)23-20(26)22-13-12-16-8-10-17(21)11-9-16/h3-11H,12-13H2,1-2H3,(H2,22,23,26). The Balaban J connectivity index is 1.61. The molecule has 0 aliphatic heterocycles. The van der Waals surface area contributed by atoms with Gasteiger partial charge in [-0.25, -0.2) is 13.9 Å². The molecule has 3 aromatic rings. The lowest BCUT2D eigenvalue weighted by Gasteiger charge is -2.09. The van der Waals surface area contributed by atoms with Crippen LogP contribution in [0, 0.1) is 19.7 Å². The number of nitrogens with one attached hydrogen (secondary N) is 2. The second-order valence-electron chi connectivity index (χ2n) is 6.05. The van der Waals surface area contributed by atoms with E-state index >= 15 is 0 Å². The minimum Gasteiger partial charge on any atom is -0.338 e. The highest BCUT2D eigenvalue weighted by molar-refractivity contribution is 5.90. The quantitative estimate of drug-likeness (QED) is 0.729. The van der Waals surface area contributed by atoms with E-state index in [1.54, 1.807) is 12.1 Å². The molecule has 0 unspecified atom stereocenters. The Morgan fingerprint density at radius 3 is 2.46 bits per heavy atom. The zero-order valence-electron chi connectivity index (χ0n) is 14.8. The summed E-state index contributed by atoms with van der Waals surface area (Å²) in [6.07, 6.45) is 0.634. The number of carbonyl (C=O) groups excluding carboxylic acids is 1. The van der Waals surface area contributed by atoms with E-state index in [4.69, 9.17) is 0 Å². The maximum Gasteiger partial charge on any atom is 0.319 e. The van der Waals surface area contributed by atoms with Gasteiger partial charge in [-0.05, 0) is 50.1 Å². The summed E-state index contributed by atoms with van der Waals surface area (Å²) in [5, 5.41) is 10.2. The van der Waals surface area contributed by atoms with Crippen molar-refractivity contribution < 1.29 is 9.18 Å². The van der Waals surface area contributed by atoms with Gasteiger partial charge in [0.1, 0.15) is 5.82 Å². The lowest BCUT2D eigenvalue weighted by Crippen LogP contribution is -2.30. The second-order valence-corrected chi connectivity index (χ2v) is 6.05. The average molecular weight is 352 g/mol. The largest absolute Gasteiger partial charge is 0.338 e. The lowest BCUT2D eigenvalue weighted by atomic mass is 10.1. The Hall–Kier alpha value is -3.15. The third-order valence-corrected chi connectivity index (χ3v) is 4.14. The van der Waals surface area contributed by atoms with Gasteiger partial charge >= 0.3 is 6.03 Å². The van der Waals surface area contributed by atoms with Crippen molar-refractivity contribution in [3.63, 3.8) is 0 Å². The van der Waals surface area contributed by atoms with Crippen LogP contribution in [0.5, 0.6) is 0 Å². The van der Waals surface area contributed by atoms with Crippen molar-refractivity contribution in [2.75, 3.05) is 11.9 Å². The van der Waals surface area contributed by atoms with Gasteiger partial charge in [0.2, 0.25) is 0 Å². The fraction of sp³-hybridized carbons (Fsp3) is 0.200. The molecule has 0 atom stereocenters. The van der Waals surface area contributed by atoms with Crippen molar-refractivity contribution >= 4 is 11.7 Å². The SMILES string of the molecule is Cc1nn(-c2ccccc2)c(C)c1NC(=O)NCCc1ccc(F)cc1. The fourth-order valence-electron chi connectivity index (χ4n) is 2.77. The number of aromatic nitrogens is 2. The minimum absolute atomic E-state index is 0.263. The first-order valence-corrected chi connectivity index (χ1v) is 8.45. The van der Waals surface area contributed by atoms with Crippen molar-refractivity contribution in [2.45, 2.75) is 20.3 Å². The van der Waals surface area contributed by atoms with Gasteiger partial charge in [-0.3, -0.25) is 0 Å². The molecule has 0 spiro atoms. The normalized spacial score (nSPS) is 10.6. The number of rotatable bonds is 5. The van der Waals surface area contributed by atoms with Crippen molar-refractivity contribution in [1.29, 1.82) is 0 Å². The van der Waals surface area contributed by atoms with E-state index < -0.39 is 0 Å². The molecule has 26 heavy (non-hydrogen) atoms. The molecule has 0 fully saturated rings. The van der Waals surface area contributed by atoms with E-state index in [9.17, 15) is 9.18 Å². The van der Waals surface area contributed by atoms with E-state index in [1.165, 1.54) is 12.1 Å².